The van der Waals surface area contributed by atoms with E-state index in [2.05, 4.69) is 15.6 Å². The van der Waals surface area contributed by atoms with Crippen LogP contribution < -0.4 is 15.4 Å². The fraction of sp³-hybridized carbons (Fsp3) is 0.435. The predicted octanol–water partition coefficient (Wildman–Crippen LogP) is 3.63. The van der Waals surface area contributed by atoms with Crippen molar-refractivity contribution in [1.29, 1.82) is 0 Å². The number of aliphatic imine (C=N–C) groups is 1. The highest BCUT2D eigenvalue weighted by molar-refractivity contribution is 14.0. The second-order valence-electron chi connectivity index (χ2n) is 7.17. The van der Waals surface area contributed by atoms with Crippen LogP contribution in [0.2, 0.25) is 0 Å². The Morgan fingerprint density at radius 1 is 1.10 bits per heavy atom. The third-order valence-corrected chi connectivity index (χ3v) is 5.51. The Morgan fingerprint density at radius 2 is 1.77 bits per heavy atom. The highest BCUT2D eigenvalue weighted by Crippen LogP contribution is 2.19. The molecule has 0 heterocycles. The second kappa shape index (κ2) is 15.2. The van der Waals surface area contributed by atoms with Crippen molar-refractivity contribution < 1.29 is 14.1 Å². The van der Waals surface area contributed by atoms with Gasteiger partial charge in [-0.1, -0.05) is 42.5 Å². The monoisotopic (exact) mass is 559 g/mol. The standard InChI is InChI=1S/C23H33N3O3S.HI/c1-4-24-23(25-14-15-30(28)17-19-8-6-5-7-9-19)26-16-22(27)20-10-12-21(13-11-20)29-18(2)3;/h5-13,18,22,27H,4,14-17H2,1-3H3,(H2,24,25,26);1H. The summed E-state index contributed by atoms with van der Waals surface area (Å²) in [6, 6.07) is 17.3. The molecule has 2 aromatic rings. The first-order chi connectivity index (χ1) is 14.5. The number of rotatable bonds is 11. The van der Waals surface area contributed by atoms with Crippen molar-refractivity contribution in [3.63, 3.8) is 0 Å². The lowest BCUT2D eigenvalue weighted by Crippen LogP contribution is -2.39. The van der Waals surface area contributed by atoms with E-state index in [1.54, 1.807) is 0 Å². The fourth-order valence-electron chi connectivity index (χ4n) is 2.78. The molecule has 2 rings (SSSR count). The van der Waals surface area contributed by atoms with E-state index in [4.69, 9.17) is 4.74 Å². The van der Waals surface area contributed by atoms with E-state index in [1.807, 2.05) is 75.4 Å². The normalized spacial score (nSPS) is 13.3. The van der Waals surface area contributed by atoms with Crippen molar-refractivity contribution in [2.75, 3.05) is 25.4 Å². The zero-order valence-corrected chi connectivity index (χ0v) is 21.6. The molecule has 0 aliphatic rings. The topological polar surface area (TPSA) is 83.0 Å². The molecule has 0 aliphatic carbocycles. The average Bonchev–Trinajstić information content (AvgIpc) is 2.72. The summed E-state index contributed by atoms with van der Waals surface area (Å²) in [4.78, 5) is 4.46. The maximum absolute atomic E-state index is 12.3. The van der Waals surface area contributed by atoms with Crippen molar-refractivity contribution in [2.45, 2.75) is 38.7 Å². The minimum atomic E-state index is -0.947. The summed E-state index contributed by atoms with van der Waals surface area (Å²) < 4.78 is 17.9. The van der Waals surface area contributed by atoms with Gasteiger partial charge in [0, 0.05) is 35.4 Å². The third kappa shape index (κ3) is 11.0. The van der Waals surface area contributed by atoms with Crippen LogP contribution in [0.5, 0.6) is 5.75 Å². The molecule has 172 valence electrons. The van der Waals surface area contributed by atoms with E-state index in [0.717, 1.165) is 16.9 Å². The number of halogens is 1. The van der Waals surface area contributed by atoms with Crippen molar-refractivity contribution in [1.82, 2.24) is 10.6 Å². The lowest BCUT2D eigenvalue weighted by molar-refractivity contribution is 0.186. The molecule has 31 heavy (non-hydrogen) atoms. The van der Waals surface area contributed by atoms with Gasteiger partial charge in [-0.15, -0.1) is 24.0 Å². The number of aliphatic hydroxyl groups is 1. The molecule has 0 saturated carbocycles. The van der Waals surface area contributed by atoms with Crippen LogP contribution in [0.4, 0.5) is 0 Å². The Balaban J connectivity index is 0.00000480. The Bertz CT molecular complexity index is 801. The summed E-state index contributed by atoms with van der Waals surface area (Å²) in [6.45, 7) is 7.41. The number of aliphatic hydroxyl groups excluding tert-OH is 1. The summed E-state index contributed by atoms with van der Waals surface area (Å²) in [5.74, 6) is 2.46. The zero-order valence-electron chi connectivity index (χ0n) is 18.4. The number of nitrogens with zero attached hydrogens (tertiary/aromatic N) is 1. The van der Waals surface area contributed by atoms with Crippen LogP contribution in [-0.4, -0.2) is 46.8 Å². The molecule has 6 nitrogen and oxygen atoms in total. The number of benzene rings is 2. The van der Waals surface area contributed by atoms with Gasteiger partial charge in [-0.3, -0.25) is 9.20 Å². The van der Waals surface area contributed by atoms with Gasteiger partial charge in [0.15, 0.2) is 5.96 Å². The highest BCUT2D eigenvalue weighted by Gasteiger charge is 2.09. The summed E-state index contributed by atoms with van der Waals surface area (Å²) >= 11 is 0. The van der Waals surface area contributed by atoms with Gasteiger partial charge in [-0.2, -0.15) is 0 Å². The lowest BCUT2D eigenvalue weighted by atomic mass is 10.1. The first kappa shape index (κ1) is 27.4. The molecule has 2 atom stereocenters. The molecule has 0 aromatic heterocycles. The smallest absolute Gasteiger partial charge is 0.191 e. The van der Waals surface area contributed by atoms with E-state index >= 15 is 0 Å². The van der Waals surface area contributed by atoms with Crippen molar-refractivity contribution in [3.8, 4) is 5.75 Å². The van der Waals surface area contributed by atoms with Gasteiger partial charge < -0.3 is 20.5 Å². The lowest BCUT2D eigenvalue weighted by Gasteiger charge is -2.14. The average molecular weight is 560 g/mol. The summed E-state index contributed by atoms with van der Waals surface area (Å²) in [7, 11) is -0.947. The SMILES string of the molecule is CCNC(=NCC(O)c1ccc(OC(C)C)cc1)NCCS(=O)Cc1ccccc1.I. The minimum Gasteiger partial charge on any atom is -0.491 e. The number of ether oxygens (including phenoxy) is 1. The van der Waals surface area contributed by atoms with Crippen LogP contribution in [0, 0.1) is 0 Å². The van der Waals surface area contributed by atoms with Gasteiger partial charge in [0.05, 0.1) is 18.8 Å². The molecule has 0 bridgehead atoms. The molecule has 0 aliphatic heterocycles. The molecule has 0 radical (unpaired) electrons. The Labute approximate surface area is 205 Å². The maximum atomic E-state index is 12.3. The predicted molar refractivity (Wildman–Crippen MR) is 140 cm³/mol. The molecule has 3 N–H and O–H groups in total. The molecule has 0 fully saturated rings. The molecule has 0 saturated heterocycles. The minimum absolute atomic E-state index is 0. The van der Waals surface area contributed by atoms with Gasteiger partial charge in [-0.25, -0.2) is 0 Å². The molecule has 0 spiro atoms. The maximum Gasteiger partial charge on any atom is 0.191 e. The molecule has 2 unspecified atom stereocenters. The molecule has 0 amide bonds. The number of guanidine groups is 1. The van der Waals surface area contributed by atoms with E-state index in [1.165, 1.54) is 0 Å². The van der Waals surface area contributed by atoms with E-state index < -0.39 is 16.9 Å². The summed E-state index contributed by atoms with van der Waals surface area (Å²) in [6.07, 6.45) is -0.595. The van der Waals surface area contributed by atoms with Crippen LogP contribution in [0.25, 0.3) is 0 Å². The van der Waals surface area contributed by atoms with Gasteiger partial charge >= 0.3 is 0 Å². The Morgan fingerprint density at radius 3 is 2.39 bits per heavy atom. The first-order valence-electron chi connectivity index (χ1n) is 10.3. The van der Waals surface area contributed by atoms with E-state index in [0.29, 0.717) is 30.6 Å². The van der Waals surface area contributed by atoms with Gasteiger partial charge in [0.25, 0.3) is 0 Å². The number of hydrogen-bond donors (Lipinski definition) is 3. The van der Waals surface area contributed by atoms with Crippen LogP contribution in [0.15, 0.2) is 59.6 Å². The summed E-state index contributed by atoms with van der Waals surface area (Å²) in [5.41, 5.74) is 1.86. The highest BCUT2D eigenvalue weighted by atomic mass is 127. The van der Waals surface area contributed by atoms with Crippen LogP contribution in [-0.2, 0) is 16.6 Å². The van der Waals surface area contributed by atoms with E-state index in [9.17, 15) is 9.32 Å². The molecule has 8 heteroatoms. The molecule has 2 aromatic carbocycles. The third-order valence-electron chi connectivity index (χ3n) is 4.20. The van der Waals surface area contributed by atoms with Crippen LogP contribution >= 0.6 is 24.0 Å². The van der Waals surface area contributed by atoms with E-state index in [-0.39, 0.29) is 36.6 Å². The molecular formula is C23H34IN3O3S. The van der Waals surface area contributed by atoms with Gasteiger partial charge in [-0.05, 0) is 44.0 Å². The van der Waals surface area contributed by atoms with Crippen LogP contribution in [0.3, 0.4) is 0 Å². The van der Waals surface area contributed by atoms with Gasteiger partial charge in [0.2, 0.25) is 0 Å². The molecular weight excluding hydrogens is 525 g/mol. The number of hydrogen-bond acceptors (Lipinski definition) is 4. The number of nitrogens with one attached hydrogen (secondary N) is 2. The van der Waals surface area contributed by atoms with Crippen LogP contribution in [0.1, 0.15) is 38.0 Å². The summed E-state index contributed by atoms with van der Waals surface area (Å²) in [5, 5.41) is 16.8. The largest absolute Gasteiger partial charge is 0.491 e. The fourth-order valence-corrected chi connectivity index (χ4v) is 3.82. The zero-order chi connectivity index (χ0) is 21.8. The Hall–Kier alpha value is -1.65. The van der Waals surface area contributed by atoms with Crippen molar-refractivity contribution in [3.05, 3.63) is 65.7 Å². The Kier molecular flexibility index (Phi) is 13.4. The van der Waals surface area contributed by atoms with Crippen molar-refractivity contribution in [2.24, 2.45) is 4.99 Å². The first-order valence-corrected chi connectivity index (χ1v) is 11.8. The second-order valence-corrected chi connectivity index (χ2v) is 8.75. The van der Waals surface area contributed by atoms with Crippen molar-refractivity contribution >= 4 is 40.7 Å². The van der Waals surface area contributed by atoms with Gasteiger partial charge in [0.1, 0.15) is 5.75 Å². The quantitative estimate of drug-likeness (QED) is 0.223.